The number of hydrogen-bond donors (Lipinski definition) is 1. The van der Waals surface area contributed by atoms with Crippen molar-refractivity contribution in [2.45, 2.75) is 39.0 Å². The Hall–Kier alpha value is -3.93. The molecule has 1 saturated heterocycles. The van der Waals surface area contributed by atoms with Crippen molar-refractivity contribution in [3.8, 4) is 0 Å². The molecule has 1 atom stereocenters. The highest BCUT2D eigenvalue weighted by atomic mass is 35.5. The SMILES string of the molecule is CCc1nc2cc(F)ccn2c1C(=O)NCc1ccc(N2CCN(c3ccc(C(F)(F)F)cn3)[C@@H](C)C2)c(F)c1.Cl. The zero-order valence-corrected chi connectivity index (χ0v) is 23.1. The summed E-state index contributed by atoms with van der Waals surface area (Å²) in [6, 6.07) is 9.51. The predicted octanol–water partition coefficient (Wildman–Crippen LogP) is 5.66. The average Bonchev–Trinajstić information content (AvgIpc) is 3.29. The van der Waals surface area contributed by atoms with E-state index >= 15 is 4.39 Å². The van der Waals surface area contributed by atoms with E-state index in [-0.39, 0.29) is 25.0 Å². The van der Waals surface area contributed by atoms with Gasteiger partial charge in [0.2, 0.25) is 0 Å². The minimum atomic E-state index is -4.45. The van der Waals surface area contributed by atoms with Gasteiger partial charge in [-0.2, -0.15) is 13.2 Å². The highest BCUT2D eigenvalue weighted by Crippen LogP contribution is 2.31. The molecule has 1 fully saturated rings. The molecule has 218 valence electrons. The quantitative estimate of drug-likeness (QED) is 0.292. The lowest BCUT2D eigenvalue weighted by molar-refractivity contribution is -0.137. The van der Waals surface area contributed by atoms with Gasteiger partial charge in [-0.15, -0.1) is 12.4 Å². The molecule has 0 aliphatic carbocycles. The molecular formula is C28H28ClF5N6O. The molecule has 4 aromatic rings. The molecule has 1 aromatic carbocycles. The number of nitrogens with zero attached hydrogens (tertiary/aromatic N) is 5. The van der Waals surface area contributed by atoms with Crippen LogP contribution in [-0.2, 0) is 19.1 Å². The van der Waals surface area contributed by atoms with E-state index in [0.717, 1.165) is 12.3 Å². The zero-order chi connectivity index (χ0) is 28.6. The van der Waals surface area contributed by atoms with E-state index in [1.807, 2.05) is 23.6 Å². The molecule has 5 rings (SSSR count). The maximum absolute atomic E-state index is 15.2. The van der Waals surface area contributed by atoms with Crippen molar-refractivity contribution in [3.63, 3.8) is 0 Å². The number of halogens is 6. The van der Waals surface area contributed by atoms with Crippen LogP contribution in [0, 0.1) is 11.6 Å². The lowest BCUT2D eigenvalue weighted by Crippen LogP contribution is -2.52. The Morgan fingerprint density at radius 1 is 1.10 bits per heavy atom. The van der Waals surface area contributed by atoms with Crippen LogP contribution in [0.3, 0.4) is 0 Å². The summed E-state index contributed by atoms with van der Waals surface area (Å²) in [6.07, 6.45) is -1.69. The van der Waals surface area contributed by atoms with Crippen LogP contribution >= 0.6 is 12.4 Å². The Bertz CT molecular complexity index is 1540. The first kappa shape index (κ1) is 30.0. The van der Waals surface area contributed by atoms with Gasteiger partial charge in [-0.3, -0.25) is 9.20 Å². The standard InChI is InChI=1S/C28H27F5N6O.ClH/c1-3-22-26(39-9-8-20(29)13-25(39)36-22)27(40)35-14-18-4-6-23(21(30)12-18)37-10-11-38(17(2)16-37)24-7-5-19(15-34-24)28(31,32)33;/h4-9,12-13,15,17H,3,10-11,14,16H2,1-2H3,(H,35,40);1H/t17-;/m0./s1. The molecule has 0 radical (unpaired) electrons. The molecule has 1 amide bonds. The fourth-order valence-corrected chi connectivity index (χ4v) is 4.98. The normalized spacial score (nSPS) is 15.6. The lowest BCUT2D eigenvalue weighted by atomic mass is 10.1. The number of hydrogen-bond acceptors (Lipinski definition) is 5. The van der Waals surface area contributed by atoms with Gasteiger partial charge >= 0.3 is 6.18 Å². The highest BCUT2D eigenvalue weighted by molar-refractivity contribution is 5.94. The number of carbonyl (C=O) groups excluding carboxylic acids is 1. The molecule has 1 N–H and O–H groups in total. The number of aryl methyl sites for hydroxylation is 1. The van der Waals surface area contributed by atoms with Crippen molar-refractivity contribution < 1.29 is 26.7 Å². The van der Waals surface area contributed by atoms with Crippen molar-refractivity contribution in [1.29, 1.82) is 0 Å². The van der Waals surface area contributed by atoms with E-state index in [9.17, 15) is 22.4 Å². The van der Waals surface area contributed by atoms with E-state index in [1.165, 1.54) is 34.9 Å². The maximum Gasteiger partial charge on any atom is 0.417 e. The number of piperazine rings is 1. The second kappa shape index (κ2) is 11.9. The number of imidazole rings is 1. The summed E-state index contributed by atoms with van der Waals surface area (Å²) in [5.74, 6) is -0.856. The minimum Gasteiger partial charge on any atom is -0.365 e. The third kappa shape index (κ3) is 6.22. The molecule has 4 heterocycles. The summed E-state index contributed by atoms with van der Waals surface area (Å²) in [5.41, 5.74) is 1.34. The maximum atomic E-state index is 15.2. The van der Waals surface area contributed by atoms with Gasteiger partial charge < -0.3 is 15.1 Å². The topological polar surface area (TPSA) is 65.8 Å². The average molecular weight is 595 g/mol. The number of rotatable bonds is 6. The predicted molar refractivity (Wildman–Crippen MR) is 148 cm³/mol. The summed E-state index contributed by atoms with van der Waals surface area (Å²) in [4.78, 5) is 25.1. The first-order valence-electron chi connectivity index (χ1n) is 12.8. The van der Waals surface area contributed by atoms with Crippen LogP contribution in [0.2, 0.25) is 0 Å². The number of fused-ring (bicyclic) bond motifs is 1. The molecule has 0 saturated carbocycles. The van der Waals surface area contributed by atoms with Crippen LogP contribution in [0.25, 0.3) is 5.65 Å². The Kier molecular flexibility index (Phi) is 8.71. The van der Waals surface area contributed by atoms with E-state index in [0.29, 0.717) is 60.2 Å². The van der Waals surface area contributed by atoms with Gasteiger partial charge in [0.1, 0.15) is 28.8 Å². The van der Waals surface area contributed by atoms with E-state index in [4.69, 9.17) is 0 Å². The Balaban J connectivity index is 0.00000387. The van der Waals surface area contributed by atoms with Crippen LogP contribution in [-0.4, -0.2) is 46.0 Å². The number of amides is 1. The number of carbonyl (C=O) groups is 1. The van der Waals surface area contributed by atoms with Gasteiger partial charge in [-0.1, -0.05) is 13.0 Å². The molecule has 13 heteroatoms. The second-order valence-corrected chi connectivity index (χ2v) is 9.69. The van der Waals surface area contributed by atoms with Crippen LogP contribution in [0.5, 0.6) is 0 Å². The highest BCUT2D eigenvalue weighted by Gasteiger charge is 2.32. The van der Waals surface area contributed by atoms with Gasteiger partial charge in [0.05, 0.1) is 16.9 Å². The Labute approximate surface area is 239 Å². The molecule has 41 heavy (non-hydrogen) atoms. The smallest absolute Gasteiger partial charge is 0.365 e. The zero-order valence-electron chi connectivity index (χ0n) is 22.3. The Morgan fingerprint density at radius 2 is 1.88 bits per heavy atom. The molecule has 3 aromatic heterocycles. The van der Waals surface area contributed by atoms with Crippen LogP contribution in [0.1, 0.15) is 41.2 Å². The fourth-order valence-electron chi connectivity index (χ4n) is 4.98. The van der Waals surface area contributed by atoms with Crippen molar-refractivity contribution in [1.82, 2.24) is 19.7 Å². The number of benzene rings is 1. The molecule has 1 aliphatic rings. The summed E-state index contributed by atoms with van der Waals surface area (Å²) in [7, 11) is 0. The molecular weight excluding hydrogens is 567 g/mol. The van der Waals surface area contributed by atoms with Crippen LogP contribution < -0.4 is 15.1 Å². The van der Waals surface area contributed by atoms with E-state index in [2.05, 4.69) is 15.3 Å². The molecule has 0 spiro atoms. The minimum absolute atomic E-state index is 0. The summed E-state index contributed by atoms with van der Waals surface area (Å²) >= 11 is 0. The van der Waals surface area contributed by atoms with Gasteiger partial charge in [0, 0.05) is 50.7 Å². The van der Waals surface area contributed by atoms with Crippen molar-refractivity contribution in [2.24, 2.45) is 0 Å². The van der Waals surface area contributed by atoms with E-state index in [1.54, 1.807) is 12.1 Å². The number of pyridine rings is 2. The van der Waals surface area contributed by atoms with Crippen LogP contribution in [0.4, 0.5) is 33.5 Å². The van der Waals surface area contributed by atoms with E-state index < -0.39 is 29.3 Å². The summed E-state index contributed by atoms with van der Waals surface area (Å²) in [6.45, 7) is 5.20. The van der Waals surface area contributed by atoms with Crippen molar-refractivity contribution >= 4 is 35.5 Å². The van der Waals surface area contributed by atoms with Gasteiger partial charge in [-0.05, 0) is 49.2 Å². The second-order valence-electron chi connectivity index (χ2n) is 9.69. The van der Waals surface area contributed by atoms with Gasteiger partial charge in [0.25, 0.3) is 5.91 Å². The lowest BCUT2D eigenvalue weighted by Gasteiger charge is -2.41. The largest absolute Gasteiger partial charge is 0.417 e. The summed E-state index contributed by atoms with van der Waals surface area (Å²) in [5, 5.41) is 2.80. The monoisotopic (exact) mass is 594 g/mol. The fraction of sp³-hybridized carbons (Fsp3) is 0.321. The van der Waals surface area contributed by atoms with Crippen LogP contribution in [0.15, 0.2) is 54.9 Å². The first-order valence-corrected chi connectivity index (χ1v) is 12.8. The molecule has 1 aliphatic heterocycles. The first-order chi connectivity index (χ1) is 19.0. The summed E-state index contributed by atoms with van der Waals surface area (Å²) < 4.78 is 68.9. The number of alkyl halides is 3. The third-order valence-electron chi connectivity index (χ3n) is 7.01. The van der Waals surface area contributed by atoms with Gasteiger partial charge in [0.15, 0.2) is 0 Å². The molecule has 0 unspecified atom stereocenters. The van der Waals surface area contributed by atoms with Crippen molar-refractivity contribution in [3.05, 3.63) is 89.0 Å². The Morgan fingerprint density at radius 3 is 2.51 bits per heavy atom. The van der Waals surface area contributed by atoms with Crippen molar-refractivity contribution in [2.75, 3.05) is 29.4 Å². The number of nitrogens with one attached hydrogen (secondary N) is 1. The third-order valence-corrected chi connectivity index (χ3v) is 7.01. The number of aromatic nitrogens is 3. The van der Waals surface area contributed by atoms with Gasteiger partial charge in [-0.25, -0.2) is 18.7 Å². The number of anilines is 2. The molecule has 7 nitrogen and oxygen atoms in total. The molecule has 0 bridgehead atoms.